The normalized spacial score (nSPS) is 26.0. The van der Waals surface area contributed by atoms with Crippen LogP contribution in [-0.4, -0.2) is 55.6 Å². The average molecular weight is 197 g/mol. The molecule has 1 aliphatic rings. The lowest BCUT2D eigenvalue weighted by Crippen LogP contribution is -2.41. The minimum atomic E-state index is 0.616. The number of nitrogens with zero attached hydrogens (tertiary/aromatic N) is 2. The molecule has 1 rings (SSSR count). The minimum absolute atomic E-state index is 0.616. The molecule has 0 saturated carbocycles. The molecule has 3 heteroatoms. The van der Waals surface area contributed by atoms with Gasteiger partial charge in [0, 0.05) is 25.7 Å². The van der Waals surface area contributed by atoms with Gasteiger partial charge in [-0.1, -0.05) is 6.08 Å². The summed E-state index contributed by atoms with van der Waals surface area (Å²) in [6, 6.07) is 0.616. The Morgan fingerprint density at radius 1 is 1.50 bits per heavy atom. The van der Waals surface area contributed by atoms with E-state index in [4.69, 9.17) is 5.73 Å². The van der Waals surface area contributed by atoms with E-state index < -0.39 is 0 Å². The van der Waals surface area contributed by atoms with E-state index in [1.807, 2.05) is 6.08 Å². The van der Waals surface area contributed by atoms with E-state index in [0.29, 0.717) is 6.04 Å². The van der Waals surface area contributed by atoms with Gasteiger partial charge in [0.05, 0.1) is 0 Å². The SMILES string of the molecule is C=CCN1CCCN(C)CC1CCN. The second kappa shape index (κ2) is 6.17. The molecule has 82 valence electrons. The van der Waals surface area contributed by atoms with Gasteiger partial charge in [-0.3, -0.25) is 4.90 Å². The van der Waals surface area contributed by atoms with E-state index >= 15 is 0 Å². The van der Waals surface area contributed by atoms with E-state index in [2.05, 4.69) is 23.4 Å². The van der Waals surface area contributed by atoms with Crippen LogP contribution in [0.5, 0.6) is 0 Å². The van der Waals surface area contributed by atoms with Gasteiger partial charge >= 0.3 is 0 Å². The molecule has 0 aromatic carbocycles. The molecule has 0 aromatic heterocycles. The first-order valence-corrected chi connectivity index (χ1v) is 5.51. The second-order valence-corrected chi connectivity index (χ2v) is 4.13. The molecule has 0 aliphatic carbocycles. The molecule has 1 unspecified atom stereocenters. The predicted octanol–water partition coefficient (Wildman–Crippen LogP) is 0.527. The summed E-state index contributed by atoms with van der Waals surface area (Å²) >= 11 is 0. The van der Waals surface area contributed by atoms with Crippen molar-refractivity contribution < 1.29 is 0 Å². The molecule has 1 heterocycles. The molecule has 0 amide bonds. The zero-order valence-electron chi connectivity index (χ0n) is 9.28. The summed E-state index contributed by atoms with van der Waals surface area (Å²) in [4.78, 5) is 4.91. The highest BCUT2D eigenvalue weighted by atomic mass is 15.2. The Hall–Kier alpha value is -0.380. The summed E-state index contributed by atoms with van der Waals surface area (Å²) in [7, 11) is 2.20. The monoisotopic (exact) mass is 197 g/mol. The van der Waals surface area contributed by atoms with Crippen LogP contribution >= 0.6 is 0 Å². The number of hydrogen-bond donors (Lipinski definition) is 1. The number of hydrogen-bond acceptors (Lipinski definition) is 3. The third kappa shape index (κ3) is 3.40. The lowest BCUT2D eigenvalue weighted by atomic mass is 10.1. The van der Waals surface area contributed by atoms with Crippen LogP contribution in [0, 0.1) is 0 Å². The molecule has 0 radical (unpaired) electrons. The maximum absolute atomic E-state index is 5.64. The van der Waals surface area contributed by atoms with Crippen LogP contribution in [0.4, 0.5) is 0 Å². The number of nitrogens with two attached hydrogens (primary N) is 1. The van der Waals surface area contributed by atoms with Crippen molar-refractivity contribution in [3.05, 3.63) is 12.7 Å². The van der Waals surface area contributed by atoms with Crippen molar-refractivity contribution in [1.29, 1.82) is 0 Å². The van der Waals surface area contributed by atoms with Gasteiger partial charge < -0.3 is 10.6 Å². The molecule has 1 saturated heterocycles. The molecule has 1 atom stereocenters. The lowest BCUT2D eigenvalue weighted by Gasteiger charge is -2.29. The maximum atomic E-state index is 5.64. The van der Waals surface area contributed by atoms with E-state index in [1.54, 1.807) is 0 Å². The third-order valence-corrected chi connectivity index (χ3v) is 2.89. The number of rotatable bonds is 4. The summed E-state index contributed by atoms with van der Waals surface area (Å²) in [6.07, 6.45) is 4.35. The first-order valence-electron chi connectivity index (χ1n) is 5.51. The molecule has 0 bridgehead atoms. The Kier molecular flexibility index (Phi) is 5.15. The quantitative estimate of drug-likeness (QED) is 0.667. The van der Waals surface area contributed by atoms with Crippen molar-refractivity contribution in [1.82, 2.24) is 9.80 Å². The summed E-state index contributed by atoms with van der Waals surface area (Å²) in [5.41, 5.74) is 5.64. The Morgan fingerprint density at radius 2 is 2.29 bits per heavy atom. The topological polar surface area (TPSA) is 32.5 Å². The van der Waals surface area contributed by atoms with Crippen molar-refractivity contribution in [3.8, 4) is 0 Å². The average Bonchev–Trinajstić information content (AvgIpc) is 2.31. The summed E-state index contributed by atoms with van der Waals surface area (Å²) in [5, 5.41) is 0. The highest BCUT2D eigenvalue weighted by Crippen LogP contribution is 2.11. The van der Waals surface area contributed by atoms with Crippen LogP contribution in [0.3, 0.4) is 0 Å². The molecule has 1 aliphatic heterocycles. The molecular formula is C11H23N3. The standard InChI is InChI=1S/C11H23N3/c1-3-7-14-9-4-8-13(2)10-11(14)5-6-12/h3,11H,1,4-10,12H2,2H3. The molecule has 2 N–H and O–H groups in total. The van der Waals surface area contributed by atoms with Gasteiger partial charge in [-0.05, 0) is 33.0 Å². The predicted molar refractivity (Wildman–Crippen MR) is 61.3 cm³/mol. The summed E-state index contributed by atoms with van der Waals surface area (Å²) in [5.74, 6) is 0. The van der Waals surface area contributed by atoms with Crippen molar-refractivity contribution >= 4 is 0 Å². The molecule has 14 heavy (non-hydrogen) atoms. The van der Waals surface area contributed by atoms with Crippen LogP contribution in [0.2, 0.25) is 0 Å². The van der Waals surface area contributed by atoms with Crippen LogP contribution in [0.25, 0.3) is 0 Å². The van der Waals surface area contributed by atoms with Gasteiger partial charge in [-0.15, -0.1) is 6.58 Å². The van der Waals surface area contributed by atoms with Gasteiger partial charge in [-0.2, -0.15) is 0 Å². The Morgan fingerprint density at radius 3 is 2.93 bits per heavy atom. The highest BCUT2D eigenvalue weighted by molar-refractivity contribution is 4.83. The third-order valence-electron chi connectivity index (χ3n) is 2.89. The fraction of sp³-hybridized carbons (Fsp3) is 0.818. The molecular weight excluding hydrogens is 174 g/mol. The Labute approximate surface area is 87.6 Å². The van der Waals surface area contributed by atoms with Gasteiger partial charge in [0.2, 0.25) is 0 Å². The fourth-order valence-corrected chi connectivity index (χ4v) is 2.17. The van der Waals surface area contributed by atoms with E-state index in [1.165, 1.54) is 19.5 Å². The minimum Gasteiger partial charge on any atom is -0.330 e. The molecule has 1 fully saturated rings. The summed E-state index contributed by atoms with van der Waals surface area (Å²) in [6.45, 7) is 9.12. The first kappa shape index (κ1) is 11.7. The largest absolute Gasteiger partial charge is 0.330 e. The van der Waals surface area contributed by atoms with Crippen molar-refractivity contribution in [3.63, 3.8) is 0 Å². The number of likely N-dealkylation sites (N-methyl/N-ethyl adjacent to an activating group) is 1. The van der Waals surface area contributed by atoms with Crippen LogP contribution in [0.1, 0.15) is 12.8 Å². The molecule has 0 spiro atoms. The second-order valence-electron chi connectivity index (χ2n) is 4.13. The van der Waals surface area contributed by atoms with Gasteiger partial charge in [0.15, 0.2) is 0 Å². The van der Waals surface area contributed by atoms with Crippen molar-refractivity contribution in [2.75, 3.05) is 39.8 Å². The zero-order valence-corrected chi connectivity index (χ0v) is 9.28. The first-order chi connectivity index (χ1) is 6.77. The van der Waals surface area contributed by atoms with Crippen LogP contribution in [-0.2, 0) is 0 Å². The van der Waals surface area contributed by atoms with E-state index in [9.17, 15) is 0 Å². The van der Waals surface area contributed by atoms with Gasteiger partial charge in [-0.25, -0.2) is 0 Å². The van der Waals surface area contributed by atoms with Crippen LogP contribution in [0.15, 0.2) is 12.7 Å². The van der Waals surface area contributed by atoms with E-state index in [0.717, 1.165) is 26.1 Å². The van der Waals surface area contributed by atoms with Gasteiger partial charge in [0.1, 0.15) is 0 Å². The van der Waals surface area contributed by atoms with Crippen molar-refractivity contribution in [2.45, 2.75) is 18.9 Å². The highest BCUT2D eigenvalue weighted by Gasteiger charge is 2.21. The molecule has 3 nitrogen and oxygen atoms in total. The smallest absolute Gasteiger partial charge is 0.0238 e. The Balaban J connectivity index is 2.53. The lowest BCUT2D eigenvalue weighted by molar-refractivity contribution is 0.198. The summed E-state index contributed by atoms with van der Waals surface area (Å²) < 4.78 is 0. The maximum Gasteiger partial charge on any atom is 0.0238 e. The van der Waals surface area contributed by atoms with Crippen molar-refractivity contribution in [2.24, 2.45) is 5.73 Å². The Bertz CT molecular complexity index is 170. The molecule has 0 aromatic rings. The van der Waals surface area contributed by atoms with E-state index in [-0.39, 0.29) is 0 Å². The fourth-order valence-electron chi connectivity index (χ4n) is 2.17. The van der Waals surface area contributed by atoms with Gasteiger partial charge in [0.25, 0.3) is 0 Å². The zero-order chi connectivity index (χ0) is 10.4. The van der Waals surface area contributed by atoms with Crippen LogP contribution < -0.4 is 5.73 Å².